The number of likely N-dealkylation sites (N-methyl/N-ethyl adjacent to an activating group) is 1. The van der Waals surface area contributed by atoms with Crippen LogP contribution >= 0.6 is 11.3 Å². The maximum Gasteiger partial charge on any atom is 0.435 e. The van der Waals surface area contributed by atoms with Crippen LogP contribution < -0.4 is 0 Å². The molecule has 0 spiro atoms. The zero-order valence-corrected chi connectivity index (χ0v) is 20.6. The van der Waals surface area contributed by atoms with Crippen molar-refractivity contribution in [2.24, 2.45) is 0 Å². The Kier molecular flexibility index (Phi) is 7.02. The van der Waals surface area contributed by atoms with E-state index in [4.69, 9.17) is 0 Å². The van der Waals surface area contributed by atoms with Crippen molar-refractivity contribution in [1.82, 2.24) is 20.0 Å². The molecule has 36 heavy (non-hydrogen) atoms. The van der Waals surface area contributed by atoms with Gasteiger partial charge in [0.25, 0.3) is 0 Å². The van der Waals surface area contributed by atoms with Crippen LogP contribution in [0.25, 0.3) is 11.1 Å². The van der Waals surface area contributed by atoms with Gasteiger partial charge >= 0.3 is 6.18 Å². The quantitative estimate of drug-likeness (QED) is 0.379. The van der Waals surface area contributed by atoms with Gasteiger partial charge in [-0.25, -0.2) is 4.39 Å². The molecule has 0 unspecified atom stereocenters. The number of hydrogen-bond acceptors (Lipinski definition) is 5. The van der Waals surface area contributed by atoms with E-state index in [0.717, 1.165) is 22.7 Å². The van der Waals surface area contributed by atoms with Crippen molar-refractivity contribution in [3.63, 3.8) is 0 Å². The number of carbonyl (C=O) groups excluding carboxylic acids is 1. The van der Waals surface area contributed by atoms with Gasteiger partial charge in [-0.3, -0.25) is 9.89 Å². The molecule has 4 rings (SSSR count). The first-order valence-corrected chi connectivity index (χ1v) is 11.9. The van der Waals surface area contributed by atoms with Crippen LogP contribution in [-0.4, -0.2) is 53.1 Å². The van der Waals surface area contributed by atoms with Gasteiger partial charge in [0.1, 0.15) is 16.8 Å². The van der Waals surface area contributed by atoms with Gasteiger partial charge in [0.05, 0.1) is 6.54 Å². The minimum absolute atomic E-state index is 0.121. The second-order valence-electron chi connectivity index (χ2n) is 8.79. The van der Waals surface area contributed by atoms with Crippen LogP contribution in [0.1, 0.15) is 38.1 Å². The summed E-state index contributed by atoms with van der Waals surface area (Å²) in [5, 5.41) is 15.1. The van der Waals surface area contributed by atoms with E-state index in [-0.39, 0.29) is 24.6 Å². The smallest absolute Gasteiger partial charge is 0.333 e. The first kappa shape index (κ1) is 25.6. The Morgan fingerprint density at radius 1 is 1.39 bits per heavy atom. The molecule has 0 aliphatic carbocycles. The molecule has 6 nitrogen and oxygen atoms in total. The lowest BCUT2D eigenvalue weighted by Gasteiger charge is -2.34. The van der Waals surface area contributed by atoms with Crippen molar-refractivity contribution >= 4 is 17.2 Å². The van der Waals surface area contributed by atoms with E-state index in [9.17, 15) is 23.2 Å². The number of nitrogens with zero attached hydrogens (tertiary/aromatic N) is 4. The number of fused-ring (bicyclic) bond motifs is 1. The number of rotatable bonds is 5. The number of aromatic nitrogens is 2. The summed E-state index contributed by atoms with van der Waals surface area (Å²) in [6.45, 7) is 2.71. The summed E-state index contributed by atoms with van der Waals surface area (Å²) in [4.78, 5) is 17.7. The fourth-order valence-electron chi connectivity index (χ4n) is 4.52. The average Bonchev–Trinajstić information content (AvgIpc) is 3.42. The van der Waals surface area contributed by atoms with E-state index in [1.54, 1.807) is 24.0 Å². The van der Waals surface area contributed by atoms with Gasteiger partial charge in [0.2, 0.25) is 5.91 Å². The van der Waals surface area contributed by atoms with Gasteiger partial charge in [-0.2, -0.15) is 23.5 Å². The minimum Gasteiger partial charge on any atom is -0.333 e. The van der Waals surface area contributed by atoms with Crippen LogP contribution in [0.5, 0.6) is 0 Å². The van der Waals surface area contributed by atoms with Gasteiger partial charge < -0.3 is 9.80 Å². The Labute approximate surface area is 209 Å². The number of thiophene rings is 1. The number of benzene rings is 1. The summed E-state index contributed by atoms with van der Waals surface area (Å²) in [5.41, 5.74) is -0.110. The number of amides is 1. The second-order valence-corrected chi connectivity index (χ2v) is 9.90. The Hall–Kier alpha value is -3.49. The van der Waals surface area contributed by atoms with Gasteiger partial charge in [-0.05, 0) is 43.8 Å². The molecule has 0 radical (unpaired) electrons. The number of nitrogens with one attached hydrogen (secondary N) is 1. The number of aromatic amines is 1. The van der Waals surface area contributed by atoms with Crippen molar-refractivity contribution < 1.29 is 22.4 Å². The molecule has 0 saturated heterocycles. The number of hydrogen-bond donors (Lipinski definition) is 1. The molecule has 0 saturated carbocycles. The van der Waals surface area contributed by atoms with Crippen LogP contribution in [0.4, 0.5) is 17.6 Å². The zero-order valence-electron chi connectivity index (χ0n) is 19.8. The van der Waals surface area contributed by atoms with Crippen molar-refractivity contribution in [2.75, 3.05) is 27.2 Å². The second kappa shape index (κ2) is 9.87. The summed E-state index contributed by atoms with van der Waals surface area (Å²) in [5.74, 6) is -1.74. The number of halogens is 4. The molecule has 1 N–H and O–H groups in total. The highest BCUT2D eigenvalue weighted by Gasteiger charge is 2.40. The molecule has 0 bridgehead atoms. The number of alkyl halides is 3. The van der Waals surface area contributed by atoms with Gasteiger partial charge in [0.15, 0.2) is 5.69 Å². The van der Waals surface area contributed by atoms with E-state index in [1.165, 1.54) is 23.5 Å². The highest BCUT2D eigenvalue weighted by molar-refractivity contribution is 7.12. The van der Waals surface area contributed by atoms with Crippen molar-refractivity contribution in [3.8, 4) is 17.2 Å². The predicted octanol–water partition coefficient (Wildman–Crippen LogP) is 5.07. The summed E-state index contributed by atoms with van der Waals surface area (Å²) in [6, 6.07) is 6.26. The number of nitriles is 1. The molecule has 1 aliphatic heterocycles. The highest BCUT2D eigenvalue weighted by Crippen LogP contribution is 2.46. The van der Waals surface area contributed by atoms with Gasteiger partial charge in [-0.15, -0.1) is 11.3 Å². The molecule has 1 aliphatic rings. The first-order chi connectivity index (χ1) is 17.0. The molecular formula is C25H23F4N5OS. The van der Waals surface area contributed by atoms with E-state index >= 15 is 4.39 Å². The molecule has 3 heterocycles. The fraction of sp³-hybridized carbons (Fsp3) is 0.320. The largest absolute Gasteiger partial charge is 0.435 e. The van der Waals surface area contributed by atoms with Crippen molar-refractivity contribution in [1.29, 1.82) is 5.26 Å². The van der Waals surface area contributed by atoms with Crippen molar-refractivity contribution in [3.05, 3.63) is 74.5 Å². The SMILES string of the molecule is Cc1c(C#N)sc2c1[C@H](c1cccc(F)c1-c1c[nH]nc1C(F)(F)F)CN(C(=O)/C=C/CN(C)C)C2. The zero-order chi connectivity index (χ0) is 26.2. The van der Waals surface area contributed by atoms with E-state index in [2.05, 4.69) is 16.3 Å². The molecule has 11 heteroatoms. The van der Waals surface area contributed by atoms with Crippen LogP contribution in [0.3, 0.4) is 0 Å². The first-order valence-electron chi connectivity index (χ1n) is 11.0. The predicted molar refractivity (Wildman–Crippen MR) is 128 cm³/mol. The molecular weight excluding hydrogens is 494 g/mol. The summed E-state index contributed by atoms with van der Waals surface area (Å²) in [7, 11) is 3.73. The van der Waals surface area contributed by atoms with E-state index < -0.39 is 29.2 Å². The van der Waals surface area contributed by atoms with Crippen molar-refractivity contribution in [2.45, 2.75) is 25.6 Å². The lowest BCUT2D eigenvalue weighted by molar-refractivity contribution is -0.140. The van der Waals surface area contributed by atoms with Crippen LogP contribution in [0.2, 0.25) is 0 Å². The molecule has 0 fully saturated rings. The monoisotopic (exact) mass is 517 g/mol. The number of carbonyl (C=O) groups is 1. The fourth-order valence-corrected chi connectivity index (χ4v) is 5.70. The topological polar surface area (TPSA) is 76.0 Å². The maximum atomic E-state index is 15.2. The minimum atomic E-state index is -4.79. The summed E-state index contributed by atoms with van der Waals surface area (Å²) < 4.78 is 56.2. The third kappa shape index (κ3) is 4.79. The molecule has 2 aromatic heterocycles. The Bertz CT molecular complexity index is 1370. The molecule has 1 atom stereocenters. The van der Waals surface area contributed by atoms with Gasteiger partial charge in [-0.1, -0.05) is 18.2 Å². The number of H-pyrrole nitrogens is 1. The Morgan fingerprint density at radius 3 is 2.81 bits per heavy atom. The van der Waals surface area contributed by atoms with Crippen LogP contribution in [0.15, 0.2) is 36.5 Å². The lowest BCUT2D eigenvalue weighted by atomic mass is 9.81. The van der Waals surface area contributed by atoms with Crippen LogP contribution in [0, 0.1) is 24.1 Å². The standard InChI is InChI=1S/C25H23F4N5OS/c1-14-19(10-30)36-20-13-34(21(35)8-5-9-33(2)3)12-17(22(14)20)15-6-4-7-18(26)23(15)16-11-31-32-24(16)25(27,28)29/h4-8,11,17H,9,12-13H2,1-3H3,(H,31,32)/b8-5+/t17-/m0/s1. The average molecular weight is 518 g/mol. The normalized spacial score (nSPS) is 16.0. The van der Waals surface area contributed by atoms with E-state index in [1.807, 2.05) is 19.0 Å². The Balaban J connectivity index is 1.87. The van der Waals surface area contributed by atoms with E-state index in [0.29, 0.717) is 22.5 Å². The van der Waals surface area contributed by atoms with Crippen LogP contribution in [-0.2, 0) is 17.5 Å². The maximum absolute atomic E-state index is 15.2. The molecule has 188 valence electrons. The molecule has 1 aromatic carbocycles. The summed E-state index contributed by atoms with van der Waals surface area (Å²) in [6.07, 6.45) is -0.583. The third-order valence-corrected chi connectivity index (χ3v) is 7.30. The lowest BCUT2D eigenvalue weighted by Crippen LogP contribution is -2.37. The molecule has 3 aromatic rings. The Morgan fingerprint density at radius 2 is 2.14 bits per heavy atom. The van der Waals surface area contributed by atoms with Gasteiger partial charge in [0, 0.05) is 47.3 Å². The third-order valence-electron chi connectivity index (χ3n) is 6.10. The molecule has 1 amide bonds. The highest BCUT2D eigenvalue weighted by atomic mass is 32.1. The summed E-state index contributed by atoms with van der Waals surface area (Å²) >= 11 is 1.25.